The number of benzene rings is 2. The second kappa shape index (κ2) is 10.2. The summed E-state index contributed by atoms with van der Waals surface area (Å²) in [6.45, 7) is 2.42. The number of nitrogens with one attached hydrogen (secondary N) is 2. The van der Waals surface area contributed by atoms with Gasteiger partial charge in [0, 0.05) is 19.1 Å². The summed E-state index contributed by atoms with van der Waals surface area (Å²) in [5.41, 5.74) is 6.85. The van der Waals surface area contributed by atoms with Crippen molar-refractivity contribution in [3.8, 4) is 11.3 Å². The molecule has 2 aromatic heterocycles. The van der Waals surface area contributed by atoms with Gasteiger partial charge in [-0.2, -0.15) is 4.31 Å². The highest BCUT2D eigenvalue weighted by Gasteiger charge is 2.30. The quantitative estimate of drug-likeness (QED) is 0.290. The van der Waals surface area contributed by atoms with Crippen LogP contribution < -0.4 is 11.1 Å². The Morgan fingerprint density at radius 3 is 2.39 bits per heavy atom. The number of thiazole rings is 1. The van der Waals surface area contributed by atoms with Gasteiger partial charge in [0.2, 0.25) is 15.8 Å². The summed E-state index contributed by atoms with van der Waals surface area (Å²) in [5, 5.41) is 3.50. The zero-order valence-corrected chi connectivity index (χ0v) is 21.9. The van der Waals surface area contributed by atoms with E-state index in [1.165, 1.54) is 10.4 Å². The number of carbonyl (C=O) groups is 1. The molecule has 13 heteroatoms. The number of carbonyl (C=O) groups excluding carboxylic acids is 1. The zero-order valence-electron chi connectivity index (χ0n) is 20.2. The van der Waals surface area contributed by atoms with Crippen LogP contribution in [0.1, 0.15) is 33.9 Å². The Bertz CT molecular complexity index is 1570. The van der Waals surface area contributed by atoms with E-state index in [1.807, 2.05) is 6.92 Å². The molecular formula is C25H24F2N6O3S2. The summed E-state index contributed by atoms with van der Waals surface area (Å²) in [6.07, 6.45) is 2.69. The Morgan fingerprint density at radius 1 is 1.13 bits per heavy atom. The Hall–Kier alpha value is -3.68. The molecule has 4 aromatic rings. The van der Waals surface area contributed by atoms with Crippen molar-refractivity contribution in [2.24, 2.45) is 0 Å². The molecule has 0 saturated carbocycles. The minimum absolute atomic E-state index is 0.0646. The fourth-order valence-corrected chi connectivity index (χ4v) is 6.70. The number of ketones is 1. The molecule has 1 aliphatic rings. The Balaban J connectivity index is 1.22. The van der Waals surface area contributed by atoms with Crippen LogP contribution in [0.15, 0.2) is 53.6 Å². The maximum absolute atomic E-state index is 14.1. The first kappa shape index (κ1) is 25.9. The summed E-state index contributed by atoms with van der Waals surface area (Å²) < 4.78 is 55.9. The van der Waals surface area contributed by atoms with Gasteiger partial charge in [0.25, 0.3) is 0 Å². The summed E-state index contributed by atoms with van der Waals surface area (Å²) in [6, 6.07) is 9.72. The van der Waals surface area contributed by atoms with Crippen LogP contribution in [0.4, 0.5) is 19.7 Å². The van der Waals surface area contributed by atoms with Crippen LogP contribution in [0.5, 0.6) is 0 Å². The Labute approximate surface area is 221 Å². The maximum atomic E-state index is 14.1. The Kier molecular flexibility index (Phi) is 6.99. The van der Waals surface area contributed by atoms with E-state index < -0.39 is 33.0 Å². The third-order valence-corrected chi connectivity index (χ3v) is 9.25. The average molecular weight is 559 g/mol. The van der Waals surface area contributed by atoms with E-state index in [0.29, 0.717) is 18.0 Å². The van der Waals surface area contributed by atoms with E-state index in [-0.39, 0.29) is 34.7 Å². The number of nitrogens with zero attached hydrogens (tertiary/aromatic N) is 3. The average Bonchev–Trinajstić information content (AvgIpc) is 3.49. The van der Waals surface area contributed by atoms with E-state index in [0.717, 1.165) is 40.6 Å². The smallest absolute Gasteiger partial charge is 0.243 e. The van der Waals surface area contributed by atoms with Gasteiger partial charge in [-0.1, -0.05) is 29.5 Å². The van der Waals surface area contributed by atoms with Gasteiger partial charge < -0.3 is 16.0 Å². The molecule has 0 aliphatic carbocycles. The maximum Gasteiger partial charge on any atom is 0.243 e. The molecule has 9 nitrogen and oxygen atoms in total. The number of hydrogen-bond acceptors (Lipinski definition) is 8. The van der Waals surface area contributed by atoms with Crippen LogP contribution in [0.2, 0.25) is 0 Å². The SMILES string of the molecule is Cc1ncc(-c2ccc(S(=O)(=O)N3CCC(Nc4nc(N)c(C(=O)c5c(F)cccc5F)s4)CC3)cc2)[nH]1. The van der Waals surface area contributed by atoms with Gasteiger partial charge in [0.05, 0.1) is 22.3 Å². The lowest BCUT2D eigenvalue weighted by atomic mass is 10.1. The van der Waals surface area contributed by atoms with E-state index >= 15 is 0 Å². The molecule has 0 bridgehead atoms. The van der Waals surface area contributed by atoms with Gasteiger partial charge in [-0.3, -0.25) is 4.79 Å². The van der Waals surface area contributed by atoms with Crippen LogP contribution >= 0.6 is 11.3 Å². The van der Waals surface area contributed by atoms with Gasteiger partial charge >= 0.3 is 0 Å². The van der Waals surface area contributed by atoms with Crippen LogP contribution in [0.25, 0.3) is 11.3 Å². The molecule has 0 atom stereocenters. The number of imidazole rings is 1. The number of anilines is 2. The second-order valence-electron chi connectivity index (χ2n) is 8.89. The molecule has 1 fully saturated rings. The van der Waals surface area contributed by atoms with Crippen molar-refractivity contribution >= 4 is 38.1 Å². The molecule has 198 valence electrons. The largest absolute Gasteiger partial charge is 0.382 e. The van der Waals surface area contributed by atoms with Crippen molar-refractivity contribution in [1.82, 2.24) is 19.3 Å². The number of aromatic nitrogens is 3. The summed E-state index contributed by atoms with van der Waals surface area (Å²) in [7, 11) is -3.67. The number of nitrogens with two attached hydrogens (primary N) is 1. The molecule has 1 saturated heterocycles. The number of aryl methyl sites for hydroxylation is 1. The molecule has 1 aliphatic heterocycles. The standard InChI is InChI=1S/C25H24F2N6O3S2/c1-14-29-13-20(30-14)15-5-7-17(8-6-15)38(35,36)33-11-9-16(10-12-33)31-25-32-24(28)23(37-25)22(34)21-18(26)3-2-4-19(21)27/h2-8,13,16H,9-12,28H2,1H3,(H,29,30)(H,31,32). The van der Waals surface area contributed by atoms with Gasteiger partial charge in [-0.05, 0) is 49.6 Å². The van der Waals surface area contributed by atoms with Crippen molar-refractivity contribution < 1.29 is 22.0 Å². The molecule has 3 heterocycles. The lowest BCUT2D eigenvalue weighted by Gasteiger charge is -2.31. The first-order valence-electron chi connectivity index (χ1n) is 11.8. The minimum atomic E-state index is -3.67. The third-order valence-electron chi connectivity index (χ3n) is 6.34. The number of H-pyrrole nitrogens is 1. The lowest BCUT2D eigenvalue weighted by Crippen LogP contribution is -2.42. The monoisotopic (exact) mass is 558 g/mol. The molecule has 4 N–H and O–H groups in total. The topological polar surface area (TPSA) is 134 Å². The van der Waals surface area contributed by atoms with Crippen molar-refractivity contribution in [3.63, 3.8) is 0 Å². The fourth-order valence-electron chi connectivity index (χ4n) is 4.32. The predicted molar refractivity (Wildman–Crippen MR) is 140 cm³/mol. The summed E-state index contributed by atoms with van der Waals surface area (Å²) in [4.78, 5) is 24.3. The highest BCUT2D eigenvalue weighted by molar-refractivity contribution is 7.89. The summed E-state index contributed by atoms with van der Waals surface area (Å²) >= 11 is 0.909. The molecular weight excluding hydrogens is 534 g/mol. The molecule has 38 heavy (non-hydrogen) atoms. The van der Waals surface area contributed by atoms with Crippen LogP contribution in [0, 0.1) is 18.6 Å². The summed E-state index contributed by atoms with van der Waals surface area (Å²) in [5.74, 6) is -2.18. The fraction of sp³-hybridized carbons (Fsp3) is 0.240. The van der Waals surface area contributed by atoms with Gasteiger partial charge in [0.15, 0.2) is 5.13 Å². The number of sulfonamides is 1. The molecule has 0 amide bonds. The normalized spacial score (nSPS) is 15.0. The number of piperidine rings is 1. The number of nitrogen functional groups attached to an aromatic ring is 1. The van der Waals surface area contributed by atoms with Crippen LogP contribution in [-0.2, 0) is 10.0 Å². The highest BCUT2D eigenvalue weighted by atomic mass is 32.2. The molecule has 0 spiro atoms. The van der Waals surface area contributed by atoms with Gasteiger partial charge in [0.1, 0.15) is 28.2 Å². The number of aromatic amines is 1. The Morgan fingerprint density at radius 2 is 1.79 bits per heavy atom. The van der Waals surface area contributed by atoms with Crippen molar-refractivity contribution in [3.05, 3.63) is 76.6 Å². The van der Waals surface area contributed by atoms with Crippen molar-refractivity contribution in [2.75, 3.05) is 24.1 Å². The first-order valence-corrected chi connectivity index (χ1v) is 14.0. The minimum Gasteiger partial charge on any atom is -0.382 e. The molecule has 0 radical (unpaired) electrons. The first-order chi connectivity index (χ1) is 18.1. The van der Waals surface area contributed by atoms with Crippen molar-refractivity contribution in [1.29, 1.82) is 0 Å². The third kappa shape index (κ3) is 5.04. The van der Waals surface area contributed by atoms with Gasteiger partial charge in [-0.25, -0.2) is 27.2 Å². The van der Waals surface area contributed by atoms with E-state index in [4.69, 9.17) is 5.73 Å². The van der Waals surface area contributed by atoms with E-state index in [9.17, 15) is 22.0 Å². The highest BCUT2D eigenvalue weighted by Crippen LogP contribution is 2.31. The van der Waals surface area contributed by atoms with Crippen LogP contribution in [0.3, 0.4) is 0 Å². The number of rotatable bonds is 7. The van der Waals surface area contributed by atoms with Gasteiger partial charge in [-0.15, -0.1) is 0 Å². The number of hydrogen-bond donors (Lipinski definition) is 3. The molecule has 2 aromatic carbocycles. The van der Waals surface area contributed by atoms with Crippen molar-refractivity contribution in [2.45, 2.75) is 30.7 Å². The molecule has 5 rings (SSSR count). The number of halogens is 2. The lowest BCUT2D eigenvalue weighted by molar-refractivity contribution is 0.103. The van der Waals surface area contributed by atoms with Crippen LogP contribution in [-0.4, -0.2) is 52.6 Å². The molecule has 0 unspecified atom stereocenters. The van der Waals surface area contributed by atoms with E-state index in [1.54, 1.807) is 30.5 Å². The van der Waals surface area contributed by atoms with E-state index in [2.05, 4.69) is 20.3 Å². The second-order valence-corrected chi connectivity index (χ2v) is 11.8. The zero-order chi connectivity index (χ0) is 27.0. The predicted octanol–water partition coefficient (Wildman–Crippen LogP) is 4.20.